The van der Waals surface area contributed by atoms with Crippen molar-refractivity contribution in [1.29, 1.82) is 0 Å². The Hall–Kier alpha value is -1.13. The maximum atomic E-state index is 5.35. The van der Waals surface area contributed by atoms with E-state index < -0.39 is 0 Å². The van der Waals surface area contributed by atoms with E-state index in [-0.39, 0.29) is 0 Å². The average molecular weight is 220 g/mol. The standard InChI is InChI=1S/C12H20N4/c1-2-11-6-4-8-16(11)9-10-5-3-7-12(14-10)15-13/h3,5,7,11H,2,4,6,8-9,13H2,1H3,(H,14,15). The van der Waals surface area contributed by atoms with Crippen LogP contribution in [0.4, 0.5) is 5.82 Å². The zero-order valence-corrected chi connectivity index (χ0v) is 9.82. The molecule has 0 radical (unpaired) electrons. The third kappa shape index (κ3) is 2.51. The second-order valence-electron chi connectivity index (χ2n) is 4.33. The molecule has 1 fully saturated rings. The number of hydrogen-bond acceptors (Lipinski definition) is 4. The third-order valence-corrected chi connectivity index (χ3v) is 3.29. The van der Waals surface area contributed by atoms with Gasteiger partial charge in [0.15, 0.2) is 0 Å². The van der Waals surface area contributed by atoms with E-state index in [0.717, 1.165) is 24.1 Å². The Morgan fingerprint density at radius 2 is 2.44 bits per heavy atom. The Balaban J connectivity index is 2.02. The van der Waals surface area contributed by atoms with Crippen LogP contribution in [0, 0.1) is 0 Å². The summed E-state index contributed by atoms with van der Waals surface area (Å²) in [5, 5.41) is 0. The van der Waals surface area contributed by atoms with E-state index in [1.54, 1.807) is 0 Å². The first kappa shape index (κ1) is 11.4. The molecule has 2 rings (SSSR count). The van der Waals surface area contributed by atoms with Crippen molar-refractivity contribution < 1.29 is 0 Å². The maximum absolute atomic E-state index is 5.35. The highest BCUT2D eigenvalue weighted by atomic mass is 15.3. The van der Waals surface area contributed by atoms with Gasteiger partial charge in [-0.05, 0) is 37.9 Å². The lowest BCUT2D eigenvalue weighted by Crippen LogP contribution is -2.28. The summed E-state index contributed by atoms with van der Waals surface area (Å²) in [4.78, 5) is 6.96. The highest BCUT2D eigenvalue weighted by molar-refractivity contribution is 5.33. The highest BCUT2D eigenvalue weighted by Gasteiger charge is 2.22. The predicted octanol–water partition coefficient (Wildman–Crippen LogP) is 1.74. The Kier molecular flexibility index (Phi) is 3.74. The van der Waals surface area contributed by atoms with Crippen molar-refractivity contribution in [2.75, 3.05) is 12.0 Å². The van der Waals surface area contributed by atoms with Gasteiger partial charge in [0.1, 0.15) is 5.82 Å². The van der Waals surface area contributed by atoms with Gasteiger partial charge in [0, 0.05) is 12.6 Å². The summed E-state index contributed by atoms with van der Waals surface area (Å²) >= 11 is 0. The molecule has 16 heavy (non-hydrogen) atoms. The molecule has 1 atom stereocenters. The number of pyridine rings is 1. The molecule has 0 spiro atoms. The molecule has 0 aromatic carbocycles. The molecule has 0 aliphatic carbocycles. The van der Waals surface area contributed by atoms with Crippen LogP contribution in [0.3, 0.4) is 0 Å². The first-order chi connectivity index (χ1) is 7.83. The molecule has 3 N–H and O–H groups in total. The van der Waals surface area contributed by atoms with Gasteiger partial charge in [-0.3, -0.25) is 4.90 Å². The molecule has 0 saturated carbocycles. The molecule has 1 aliphatic heterocycles. The maximum Gasteiger partial charge on any atom is 0.140 e. The number of rotatable bonds is 4. The second-order valence-corrected chi connectivity index (χ2v) is 4.33. The SMILES string of the molecule is CCC1CCCN1Cc1cccc(NN)n1. The fourth-order valence-electron chi connectivity index (χ4n) is 2.42. The summed E-state index contributed by atoms with van der Waals surface area (Å²) in [6, 6.07) is 6.67. The largest absolute Gasteiger partial charge is 0.308 e. The van der Waals surface area contributed by atoms with Crippen LogP contribution in [0.5, 0.6) is 0 Å². The number of aromatic nitrogens is 1. The summed E-state index contributed by atoms with van der Waals surface area (Å²) in [5.41, 5.74) is 3.68. The van der Waals surface area contributed by atoms with E-state index in [1.807, 2.05) is 12.1 Å². The minimum absolute atomic E-state index is 0.733. The third-order valence-electron chi connectivity index (χ3n) is 3.29. The zero-order chi connectivity index (χ0) is 11.4. The molecule has 1 aromatic rings. The van der Waals surface area contributed by atoms with E-state index >= 15 is 0 Å². The molecule has 1 aromatic heterocycles. The summed E-state index contributed by atoms with van der Waals surface area (Å²) in [6.07, 6.45) is 3.87. The lowest BCUT2D eigenvalue weighted by Gasteiger charge is -2.22. The minimum Gasteiger partial charge on any atom is -0.308 e. The van der Waals surface area contributed by atoms with E-state index in [9.17, 15) is 0 Å². The van der Waals surface area contributed by atoms with Crippen molar-refractivity contribution in [2.45, 2.75) is 38.8 Å². The summed E-state index contributed by atoms with van der Waals surface area (Å²) in [7, 11) is 0. The Labute approximate surface area is 96.8 Å². The van der Waals surface area contributed by atoms with Gasteiger partial charge in [-0.25, -0.2) is 10.8 Å². The topological polar surface area (TPSA) is 54.2 Å². The number of nitrogens with one attached hydrogen (secondary N) is 1. The van der Waals surface area contributed by atoms with Crippen molar-refractivity contribution in [3.05, 3.63) is 23.9 Å². The van der Waals surface area contributed by atoms with E-state index in [0.29, 0.717) is 0 Å². The van der Waals surface area contributed by atoms with Crippen LogP contribution < -0.4 is 11.3 Å². The number of nitrogens with zero attached hydrogens (tertiary/aromatic N) is 2. The van der Waals surface area contributed by atoms with Gasteiger partial charge in [-0.15, -0.1) is 0 Å². The fraction of sp³-hybridized carbons (Fsp3) is 0.583. The fourth-order valence-corrected chi connectivity index (χ4v) is 2.42. The quantitative estimate of drug-likeness (QED) is 0.599. The van der Waals surface area contributed by atoms with Crippen LogP contribution in [0.25, 0.3) is 0 Å². The molecule has 1 unspecified atom stereocenters. The molecule has 1 saturated heterocycles. The first-order valence-electron chi connectivity index (χ1n) is 6.00. The lowest BCUT2D eigenvalue weighted by molar-refractivity contribution is 0.237. The molecule has 88 valence electrons. The monoisotopic (exact) mass is 220 g/mol. The molecular formula is C12H20N4. The normalized spacial score (nSPS) is 21.2. The number of anilines is 1. The zero-order valence-electron chi connectivity index (χ0n) is 9.82. The van der Waals surface area contributed by atoms with Crippen molar-refractivity contribution in [2.24, 2.45) is 5.84 Å². The highest BCUT2D eigenvalue weighted by Crippen LogP contribution is 2.21. The van der Waals surface area contributed by atoms with Crippen molar-refractivity contribution in [3.8, 4) is 0 Å². The van der Waals surface area contributed by atoms with Gasteiger partial charge in [-0.1, -0.05) is 13.0 Å². The number of hydrazine groups is 1. The summed E-state index contributed by atoms with van der Waals surface area (Å²) < 4.78 is 0. The molecule has 0 bridgehead atoms. The van der Waals surface area contributed by atoms with Crippen LogP contribution in [-0.4, -0.2) is 22.5 Å². The van der Waals surface area contributed by atoms with Gasteiger partial charge in [0.2, 0.25) is 0 Å². The Bertz CT molecular complexity index is 340. The second kappa shape index (κ2) is 5.27. The van der Waals surface area contributed by atoms with Crippen LogP contribution in [0.1, 0.15) is 31.9 Å². The molecule has 4 heteroatoms. The number of hydrogen-bond donors (Lipinski definition) is 2. The average Bonchev–Trinajstić information content (AvgIpc) is 2.76. The number of nitrogen functional groups attached to an aromatic ring is 1. The van der Waals surface area contributed by atoms with Crippen LogP contribution >= 0.6 is 0 Å². The van der Waals surface area contributed by atoms with Crippen LogP contribution in [0.2, 0.25) is 0 Å². The van der Waals surface area contributed by atoms with Gasteiger partial charge in [0.05, 0.1) is 5.69 Å². The molecule has 2 heterocycles. The van der Waals surface area contributed by atoms with Crippen molar-refractivity contribution >= 4 is 5.82 Å². The predicted molar refractivity (Wildman–Crippen MR) is 65.8 cm³/mol. The summed E-state index contributed by atoms with van der Waals surface area (Å²) in [6.45, 7) is 4.39. The Morgan fingerprint density at radius 1 is 1.56 bits per heavy atom. The molecule has 4 nitrogen and oxygen atoms in total. The lowest BCUT2D eigenvalue weighted by atomic mass is 10.1. The van der Waals surface area contributed by atoms with E-state index in [4.69, 9.17) is 5.84 Å². The van der Waals surface area contributed by atoms with Crippen molar-refractivity contribution in [3.63, 3.8) is 0 Å². The Morgan fingerprint density at radius 3 is 3.19 bits per heavy atom. The van der Waals surface area contributed by atoms with E-state index in [1.165, 1.54) is 25.8 Å². The van der Waals surface area contributed by atoms with Gasteiger partial charge in [0.25, 0.3) is 0 Å². The molecule has 0 amide bonds. The number of nitrogens with two attached hydrogens (primary N) is 1. The van der Waals surface area contributed by atoms with Crippen LogP contribution in [0.15, 0.2) is 18.2 Å². The number of likely N-dealkylation sites (tertiary alicyclic amines) is 1. The summed E-state index contributed by atoms with van der Waals surface area (Å²) in [5.74, 6) is 6.09. The first-order valence-corrected chi connectivity index (χ1v) is 6.00. The van der Waals surface area contributed by atoms with Crippen molar-refractivity contribution in [1.82, 2.24) is 9.88 Å². The smallest absolute Gasteiger partial charge is 0.140 e. The van der Waals surface area contributed by atoms with Gasteiger partial charge >= 0.3 is 0 Å². The van der Waals surface area contributed by atoms with Crippen LogP contribution in [-0.2, 0) is 6.54 Å². The van der Waals surface area contributed by atoms with E-state index in [2.05, 4.69) is 28.3 Å². The molecule has 1 aliphatic rings. The minimum atomic E-state index is 0.733. The van der Waals surface area contributed by atoms with Gasteiger partial charge in [-0.2, -0.15) is 0 Å². The molecular weight excluding hydrogens is 200 g/mol. The van der Waals surface area contributed by atoms with Gasteiger partial charge < -0.3 is 5.43 Å².